The second kappa shape index (κ2) is 1.87. The molecule has 3 heteroatoms. The molecule has 2 heterocycles. The van der Waals surface area contributed by atoms with Gasteiger partial charge in [0.15, 0.2) is 0 Å². The van der Waals surface area contributed by atoms with Gasteiger partial charge in [-0.15, -0.1) is 0 Å². The number of nitrogens with one attached hydrogen (secondary N) is 1. The summed E-state index contributed by atoms with van der Waals surface area (Å²) in [7, 11) is 2.01. The molecule has 52 valence electrons. The molecule has 0 aromatic carbocycles. The number of aromatic nitrogens is 2. The second-order valence-corrected chi connectivity index (χ2v) is 2.40. The van der Waals surface area contributed by atoms with Crippen molar-refractivity contribution >= 4 is 6.08 Å². The van der Waals surface area contributed by atoms with Crippen LogP contribution >= 0.6 is 0 Å². The molecule has 0 saturated carbocycles. The fraction of sp³-hybridized carbons (Fsp3) is 0.286. The first-order valence-corrected chi connectivity index (χ1v) is 3.28. The van der Waals surface area contributed by atoms with E-state index < -0.39 is 0 Å². The SMILES string of the molecule is Cn1cnc2c1CNC=C2. The highest BCUT2D eigenvalue weighted by Gasteiger charge is 2.07. The average molecular weight is 135 g/mol. The first kappa shape index (κ1) is 5.53. The van der Waals surface area contributed by atoms with Crippen LogP contribution in [0.5, 0.6) is 0 Å². The number of nitrogens with zero attached hydrogens (tertiary/aromatic N) is 2. The number of rotatable bonds is 0. The van der Waals surface area contributed by atoms with E-state index in [0.29, 0.717) is 0 Å². The largest absolute Gasteiger partial charge is 0.385 e. The van der Waals surface area contributed by atoms with Gasteiger partial charge < -0.3 is 9.88 Å². The number of imidazole rings is 1. The number of hydrogen-bond acceptors (Lipinski definition) is 2. The third kappa shape index (κ3) is 0.635. The maximum atomic E-state index is 4.19. The normalized spacial score (nSPS) is 14.5. The summed E-state index contributed by atoms with van der Waals surface area (Å²) in [6.45, 7) is 0.891. The highest BCUT2D eigenvalue weighted by molar-refractivity contribution is 5.49. The molecule has 0 fully saturated rings. The van der Waals surface area contributed by atoms with E-state index in [1.165, 1.54) is 5.69 Å². The van der Waals surface area contributed by atoms with E-state index in [2.05, 4.69) is 10.3 Å². The van der Waals surface area contributed by atoms with E-state index in [1.54, 1.807) is 0 Å². The van der Waals surface area contributed by atoms with Crippen molar-refractivity contribution in [3.63, 3.8) is 0 Å². The standard InChI is InChI=1S/C7H9N3/c1-10-5-9-6-2-3-8-4-7(6)10/h2-3,5,8H,4H2,1H3. The van der Waals surface area contributed by atoms with E-state index >= 15 is 0 Å². The molecule has 0 spiro atoms. The first-order valence-electron chi connectivity index (χ1n) is 3.28. The monoisotopic (exact) mass is 135 g/mol. The van der Waals surface area contributed by atoms with Crippen molar-refractivity contribution in [1.29, 1.82) is 0 Å². The zero-order chi connectivity index (χ0) is 6.97. The Morgan fingerprint density at radius 1 is 1.70 bits per heavy atom. The molecule has 10 heavy (non-hydrogen) atoms. The predicted octanol–water partition coefficient (Wildman–Crippen LogP) is 0.494. The van der Waals surface area contributed by atoms with Gasteiger partial charge >= 0.3 is 0 Å². The highest BCUT2D eigenvalue weighted by Crippen LogP contribution is 2.10. The molecule has 0 aliphatic carbocycles. The summed E-state index contributed by atoms with van der Waals surface area (Å²) in [6.07, 6.45) is 5.75. The Morgan fingerprint density at radius 3 is 3.40 bits per heavy atom. The fourth-order valence-corrected chi connectivity index (χ4v) is 1.12. The molecule has 3 nitrogen and oxygen atoms in total. The molecule has 1 aliphatic heterocycles. The molecule has 0 atom stereocenters. The van der Waals surface area contributed by atoms with Crippen LogP contribution in [0.4, 0.5) is 0 Å². The van der Waals surface area contributed by atoms with E-state index in [9.17, 15) is 0 Å². The molecular weight excluding hydrogens is 126 g/mol. The van der Waals surface area contributed by atoms with Crippen LogP contribution in [0, 0.1) is 0 Å². The summed E-state index contributed by atoms with van der Waals surface area (Å²) < 4.78 is 2.03. The van der Waals surface area contributed by atoms with Crippen molar-refractivity contribution in [2.24, 2.45) is 7.05 Å². The van der Waals surface area contributed by atoms with Gasteiger partial charge in [-0.05, 0) is 12.3 Å². The van der Waals surface area contributed by atoms with Gasteiger partial charge in [0.1, 0.15) is 0 Å². The van der Waals surface area contributed by atoms with Gasteiger partial charge in [-0.25, -0.2) is 4.98 Å². The maximum Gasteiger partial charge on any atom is 0.0953 e. The second-order valence-electron chi connectivity index (χ2n) is 2.40. The number of aryl methyl sites for hydroxylation is 1. The van der Waals surface area contributed by atoms with Crippen LogP contribution in [0.3, 0.4) is 0 Å². The molecule has 1 N–H and O–H groups in total. The topological polar surface area (TPSA) is 29.9 Å². The number of fused-ring (bicyclic) bond motifs is 1. The third-order valence-electron chi connectivity index (χ3n) is 1.72. The van der Waals surface area contributed by atoms with Crippen molar-refractivity contribution < 1.29 is 0 Å². The predicted molar refractivity (Wildman–Crippen MR) is 39.1 cm³/mol. The van der Waals surface area contributed by atoms with Gasteiger partial charge in [0.05, 0.1) is 24.3 Å². The van der Waals surface area contributed by atoms with Crippen LogP contribution < -0.4 is 5.32 Å². The Morgan fingerprint density at radius 2 is 2.60 bits per heavy atom. The summed E-state index contributed by atoms with van der Waals surface area (Å²) >= 11 is 0. The molecule has 0 unspecified atom stereocenters. The van der Waals surface area contributed by atoms with Crippen LogP contribution in [0.25, 0.3) is 6.08 Å². The zero-order valence-corrected chi connectivity index (χ0v) is 5.83. The van der Waals surface area contributed by atoms with Gasteiger partial charge in [-0.2, -0.15) is 0 Å². The van der Waals surface area contributed by atoms with Crippen molar-refractivity contribution in [2.45, 2.75) is 6.54 Å². The highest BCUT2D eigenvalue weighted by atomic mass is 15.1. The van der Waals surface area contributed by atoms with Crippen molar-refractivity contribution in [2.75, 3.05) is 0 Å². The van der Waals surface area contributed by atoms with Crippen molar-refractivity contribution in [3.05, 3.63) is 23.9 Å². The average Bonchev–Trinajstić information content (AvgIpc) is 2.34. The lowest BCUT2D eigenvalue weighted by atomic mass is 10.2. The van der Waals surface area contributed by atoms with Gasteiger partial charge in [0.25, 0.3) is 0 Å². The summed E-state index contributed by atoms with van der Waals surface area (Å²) in [5, 5.41) is 3.13. The van der Waals surface area contributed by atoms with Crippen molar-refractivity contribution in [1.82, 2.24) is 14.9 Å². The Kier molecular flexibility index (Phi) is 1.03. The van der Waals surface area contributed by atoms with Gasteiger partial charge in [0, 0.05) is 7.05 Å². The quantitative estimate of drug-likeness (QED) is 0.561. The van der Waals surface area contributed by atoms with Crippen molar-refractivity contribution in [3.8, 4) is 0 Å². The fourth-order valence-electron chi connectivity index (χ4n) is 1.12. The Hall–Kier alpha value is -1.25. The minimum Gasteiger partial charge on any atom is -0.385 e. The Labute approximate surface area is 59.4 Å². The lowest BCUT2D eigenvalue weighted by molar-refractivity contribution is 0.752. The Bertz CT molecular complexity index is 272. The third-order valence-corrected chi connectivity index (χ3v) is 1.72. The molecule has 1 aliphatic rings. The molecule has 1 aromatic rings. The Balaban J connectivity index is 2.57. The molecule has 2 rings (SSSR count). The van der Waals surface area contributed by atoms with E-state index in [0.717, 1.165) is 12.2 Å². The van der Waals surface area contributed by atoms with Gasteiger partial charge in [0.2, 0.25) is 0 Å². The summed E-state index contributed by atoms with van der Waals surface area (Å²) in [4.78, 5) is 4.19. The molecule has 0 amide bonds. The minimum atomic E-state index is 0.891. The van der Waals surface area contributed by atoms with Gasteiger partial charge in [-0.3, -0.25) is 0 Å². The summed E-state index contributed by atoms with van der Waals surface area (Å²) in [5.41, 5.74) is 2.34. The van der Waals surface area contributed by atoms with E-state index in [1.807, 2.05) is 30.2 Å². The number of hydrogen-bond donors (Lipinski definition) is 1. The molecule has 0 radical (unpaired) electrons. The van der Waals surface area contributed by atoms with E-state index in [-0.39, 0.29) is 0 Å². The molecule has 0 bridgehead atoms. The van der Waals surface area contributed by atoms with Crippen LogP contribution in [0.15, 0.2) is 12.5 Å². The smallest absolute Gasteiger partial charge is 0.0953 e. The lowest BCUT2D eigenvalue weighted by Gasteiger charge is -2.07. The van der Waals surface area contributed by atoms with Crippen LogP contribution in [0.2, 0.25) is 0 Å². The van der Waals surface area contributed by atoms with E-state index in [4.69, 9.17) is 0 Å². The van der Waals surface area contributed by atoms with Crippen LogP contribution in [-0.4, -0.2) is 9.55 Å². The molecule has 1 aromatic heterocycles. The zero-order valence-electron chi connectivity index (χ0n) is 5.83. The van der Waals surface area contributed by atoms with Crippen LogP contribution in [-0.2, 0) is 13.6 Å². The molecular formula is C7H9N3. The minimum absolute atomic E-state index is 0.891. The maximum absolute atomic E-state index is 4.19. The lowest BCUT2D eigenvalue weighted by Crippen LogP contribution is -2.12. The first-order chi connectivity index (χ1) is 4.88. The molecule has 0 saturated heterocycles. The van der Waals surface area contributed by atoms with Crippen LogP contribution in [0.1, 0.15) is 11.4 Å². The summed E-state index contributed by atoms with van der Waals surface area (Å²) in [6, 6.07) is 0. The summed E-state index contributed by atoms with van der Waals surface area (Å²) in [5.74, 6) is 0. The van der Waals surface area contributed by atoms with Gasteiger partial charge in [-0.1, -0.05) is 0 Å².